The predicted octanol–water partition coefficient (Wildman–Crippen LogP) is 2.56. The number of nitrogens with zero attached hydrogens (tertiary/aromatic N) is 4. The number of hydrogen-bond acceptors (Lipinski definition) is 7. The maximum Gasteiger partial charge on any atom is 0.573 e. The first-order valence-corrected chi connectivity index (χ1v) is 9.99. The van der Waals surface area contributed by atoms with Gasteiger partial charge in [-0.25, -0.2) is 0 Å². The average Bonchev–Trinajstić information content (AvgIpc) is 3.41. The Labute approximate surface area is 176 Å². The zero-order valence-electron chi connectivity index (χ0n) is 17.0. The Balaban J connectivity index is 1.24. The monoisotopic (exact) mass is 440 g/mol. The number of amides is 1. The molecule has 1 aliphatic heterocycles. The number of carbonyl (C=O) groups excluding carboxylic acids is 1. The highest BCUT2D eigenvalue weighted by Crippen LogP contribution is 2.48. The number of hydrogen-bond donors (Lipinski definition) is 0. The minimum atomic E-state index is -4.71. The van der Waals surface area contributed by atoms with E-state index in [-0.39, 0.29) is 23.5 Å². The summed E-state index contributed by atoms with van der Waals surface area (Å²) < 4.78 is 50.9. The lowest BCUT2D eigenvalue weighted by molar-refractivity contribution is -0.274. The summed E-state index contributed by atoms with van der Waals surface area (Å²) in [6.45, 7) is 3.45. The van der Waals surface area contributed by atoms with Crippen LogP contribution in [0.4, 0.5) is 13.2 Å². The molecule has 168 valence electrons. The number of alkyl halides is 3. The third-order valence-electron chi connectivity index (χ3n) is 5.48. The van der Waals surface area contributed by atoms with E-state index in [1.807, 2.05) is 4.90 Å². The third-order valence-corrected chi connectivity index (χ3v) is 5.48. The van der Waals surface area contributed by atoms with Crippen molar-refractivity contribution in [3.05, 3.63) is 41.5 Å². The number of carbonyl (C=O) groups is 1. The molecule has 0 radical (unpaired) electrons. The number of piperazine rings is 1. The number of methoxy groups -OCH3 is 1. The highest BCUT2D eigenvalue weighted by Gasteiger charge is 2.46. The average molecular weight is 440 g/mol. The molecule has 1 saturated carbocycles. The van der Waals surface area contributed by atoms with Gasteiger partial charge in [0.05, 0.1) is 6.54 Å². The molecule has 4 rings (SSSR count). The fraction of sp³-hybridized carbons (Fsp3) is 0.550. The molecule has 2 heterocycles. The van der Waals surface area contributed by atoms with E-state index in [9.17, 15) is 18.0 Å². The van der Waals surface area contributed by atoms with Crippen LogP contribution in [0.3, 0.4) is 0 Å². The molecule has 2 atom stereocenters. The number of benzene rings is 1. The number of ether oxygens (including phenoxy) is 2. The van der Waals surface area contributed by atoms with Crippen LogP contribution in [0.25, 0.3) is 0 Å². The Morgan fingerprint density at radius 3 is 2.55 bits per heavy atom. The first kappa shape index (κ1) is 21.6. The van der Waals surface area contributed by atoms with Gasteiger partial charge in [-0.3, -0.25) is 9.69 Å². The van der Waals surface area contributed by atoms with E-state index in [4.69, 9.17) is 9.26 Å². The summed E-state index contributed by atoms with van der Waals surface area (Å²) in [5.41, 5.74) is 0.856. The van der Waals surface area contributed by atoms with Crippen molar-refractivity contribution in [2.75, 3.05) is 33.3 Å². The lowest BCUT2D eigenvalue weighted by Crippen LogP contribution is -2.48. The van der Waals surface area contributed by atoms with Crippen molar-refractivity contribution >= 4 is 5.91 Å². The van der Waals surface area contributed by atoms with Crippen LogP contribution in [-0.4, -0.2) is 65.5 Å². The maximum absolute atomic E-state index is 12.8. The molecule has 31 heavy (non-hydrogen) atoms. The molecular weight excluding hydrogens is 417 g/mol. The summed E-state index contributed by atoms with van der Waals surface area (Å²) in [6.07, 6.45) is -4.00. The van der Waals surface area contributed by atoms with E-state index < -0.39 is 6.36 Å². The van der Waals surface area contributed by atoms with E-state index in [1.165, 1.54) is 12.1 Å². The van der Waals surface area contributed by atoms with Crippen LogP contribution in [-0.2, 0) is 22.7 Å². The number of aromatic nitrogens is 2. The van der Waals surface area contributed by atoms with E-state index >= 15 is 0 Å². The van der Waals surface area contributed by atoms with Crippen LogP contribution < -0.4 is 4.74 Å². The van der Waals surface area contributed by atoms with E-state index in [0.717, 1.165) is 5.56 Å². The zero-order valence-corrected chi connectivity index (χ0v) is 17.0. The normalized spacial score (nSPS) is 21.9. The second kappa shape index (κ2) is 8.83. The largest absolute Gasteiger partial charge is 0.573 e. The molecule has 11 heteroatoms. The maximum atomic E-state index is 12.8. The van der Waals surface area contributed by atoms with Gasteiger partial charge in [-0.2, -0.15) is 4.98 Å². The molecule has 1 aliphatic carbocycles. The van der Waals surface area contributed by atoms with Crippen molar-refractivity contribution in [2.24, 2.45) is 5.92 Å². The summed E-state index contributed by atoms with van der Waals surface area (Å²) in [4.78, 5) is 21.1. The quantitative estimate of drug-likeness (QED) is 0.655. The molecule has 1 aromatic heterocycles. The van der Waals surface area contributed by atoms with Gasteiger partial charge in [-0.1, -0.05) is 17.3 Å². The predicted molar refractivity (Wildman–Crippen MR) is 101 cm³/mol. The van der Waals surface area contributed by atoms with Crippen molar-refractivity contribution in [1.29, 1.82) is 0 Å². The molecule has 1 aromatic carbocycles. The van der Waals surface area contributed by atoms with E-state index in [0.29, 0.717) is 57.5 Å². The van der Waals surface area contributed by atoms with Crippen molar-refractivity contribution in [3.8, 4) is 5.75 Å². The second-order valence-corrected chi connectivity index (χ2v) is 7.70. The molecule has 8 nitrogen and oxygen atoms in total. The molecule has 1 amide bonds. The first-order chi connectivity index (χ1) is 14.8. The van der Waals surface area contributed by atoms with Crippen LogP contribution >= 0.6 is 0 Å². The van der Waals surface area contributed by atoms with Gasteiger partial charge in [0, 0.05) is 39.2 Å². The van der Waals surface area contributed by atoms with Crippen molar-refractivity contribution in [3.63, 3.8) is 0 Å². The van der Waals surface area contributed by atoms with Crippen molar-refractivity contribution in [2.45, 2.75) is 31.9 Å². The summed E-state index contributed by atoms with van der Waals surface area (Å²) >= 11 is 0. The molecule has 0 unspecified atom stereocenters. The highest BCUT2D eigenvalue weighted by molar-refractivity contribution is 5.83. The van der Waals surface area contributed by atoms with Crippen LogP contribution in [0.5, 0.6) is 5.75 Å². The fourth-order valence-electron chi connectivity index (χ4n) is 3.85. The third kappa shape index (κ3) is 5.53. The Morgan fingerprint density at radius 2 is 1.90 bits per heavy atom. The molecule has 2 aliphatic rings. The molecular formula is C20H23F3N4O4. The van der Waals surface area contributed by atoms with Gasteiger partial charge in [0.25, 0.3) is 0 Å². The topological polar surface area (TPSA) is 80.9 Å². The van der Waals surface area contributed by atoms with Gasteiger partial charge in [-0.05, 0) is 30.0 Å². The van der Waals surface area contributed by atoms with Crippen LogP contribution in [0, 0.1) is 5.92 Å². The molecule has 2 aromatic rings. The smallest absolute Gasteiger partial charge is 0.406 e. The van der Waals surface area contributed by atoms with Crippen LogP contribution in [0.1, 0.15) is 29.6 Å². The Morgan fingerprint density at radius 1 is 1.19 bits per heavy atom. The Kier molecular flexibility index (Phi) is 6.15. The number of rotatable bonds is 7. The minimum absolute atomic E-state index is 0.0445. The van der Waals surface area contributed by atoms with Crippen LogP contribution in [0.2, 0.25) is 0 Å². The molecule has 2 fully saturated rings. The van der Waals surface area contributed by atoms with Gasteiger partial charge in [0.1, 0.15) is 12.4 Å². The lowest BCUT2D eigenvalue weighted by Gasteiger charge is -2.34. The highest BCUT2D eigenvalue weighted by atomic mass is 19.4. The molecule has 0 bridgehead atoms. The molecule has 0 N–H and O–H groups in total. The SMILES string of the molecule is COCc1noc(CN2CCN(C(=O)[C@@H]3C[C@H]3c3ccc(OC(F)(F)F)cc3)CC2)n1. The first-order valence-electron chi connectivity index (χ1n) is 9.99. The summed E-state index contributed by atoms with van der Waals surface area (Å²) in [5, 5.41) is 3.84. The van der Waals surface area contributed by atoms with Gasteiger partial charge in [-0.15, -0.1) is 13.2 Å². The van der Waals surface area contributed by atoms with Crippen molar-refractivity contribution < 1.29 is 32.0 Å². The molecule has 0 spiro atoms. The number of halogens is 3. The lowest BCUT2D eigenvalue weighted by atomic mass is 10.1. The minimum Gasteiger partial charge on any atom is -0.406 e. The van der Waals surface area contributed by atoms with Gasteiger partial charge in [0.2, 0.25) is 11.8 Å². The van der Waals surface area contributed by atoms with Crippen LogP contribution in [0.15, 0.2) is 28.8 Å². The summed E-state index contributed by atoms with van der Waals surface area (Å²) in [6, 6.07) is 5.77. The van der Waals surface area contributed by atoms with Gasteiger partial charge in [0.15, 0.2) is 5.82 Å². The fourth-order valence-corrected chi connectivity index (χ4v) is 3.85. The van der Waals surface area contributed by atoms with Gasteiger partial charge < -0.3 is 18.9 Å². The van der Waals surface area contributed by atoms with E-state index in [2.05, 4.69) is 19.8 Å². The standard InChI is InChI=1S/C20H23F3N4O4/c1-29-12-17-24-18(31-25-17)11-26-6-8-27(9-7-26)19(28)16-10-15(16)13-2-4-14(5-3-13)30-20(21,22)23/h2-5,15-16H,6-12H2,1H3/t15-,16+/m0/s1. The van der Waals surface area contributed by atoms with Gasteiger partial charge >= 0.3 is 6.36 Å². The summed E-state index contributed by atoms with van der Waals surface area (Å²) in [5.74, 6) is 0.791. The Bertz CT molecular complexity index is 895. The molecule has 1 saturated heterocycles. The Hall–Kier alpha value is -2.66. The zero-order chi connectivity index (χ0) is 22.0. The van der Waals surface area contributed by atoms with E-state index in [1.54, 1.807) is 19.2 Å². The summed E-state index contributed by atoms with van der Waals surface area (Å²) in [7, 11) is 1.56. The second-order valence-electron chi connectivity index (χ2n) is 7.70. The van der Waals surface area contributed by atoms with Crippen molar-refractivity contribution in [1.82, 2.24) is 19.9 Å².